The van der Waals surface area contributed by atoms with Crippen LogP contribution in [0.3, 0.4) is 0 Å². The van der Waals surface area contributed by atoms with Crippen LogP contribution in [0.1, 0.15) is 23.1 Å². The van der Waals surface area contributed by atoms with Crippen molar-refractivity contribution < 1.29 is 4.79 Å². The van der Waals surface area contributed by atoms with Crippen LogP contribution >= 0.6 is 0 Å². The molecule has 18 heavy (non-hydrogen) atoms. The van der Waals surface area contributed by atoms with Crippen LogP contribution in [0.2, 0.25) is 0 Å². The van der Waals surface area contributed by atoms with Crippen molar-refractivity contribution in [2.75, 3.05) is 5.32 Å². The van der Waals surface area contributed by atoms with E-state index in [1.165, 1.54) is 12.6 Å². The largest absolute Gasteiger partial charge is 0.343 e. The van der Waals surface area contributed by atoms with Crippen molar-refractivity contribution in [3.05, 3.63) is 46.1 Å². The van der Waals surface area contributed by atoms with Gasteiger partial charge in [0.1, 0.15) is 0 Å². The molecule has 1 amide bonds. The van der Waals surface area contributed by atoms with Gasteiger partial charge in [0.05, 0.1) is 0 Å². The molecule has 1 aromatic heterocycles. The Labute approximate surface area is 104 Å². The maximum absolute atomic E-state index is 11.8. The standard InChI is InChI=1S/C12H14N4O2/c1-3-8-4-6-9(7-5-8)13-11(17)10-14-12(18)16(2)15-10/h4-7H,3H2,1-2H3,(H,13,17)(H,14,15,18). The maximum atomic E-state index is 11.8. The van der Waals surface area contributed by atoms with E-state index >= 15 is 0 Å². The fourth-order valence-corrected chi connectivity index (χ4v) is 1.52. The van der Waals surface area contributed by atoms with Crippen LogP contribution in [0.5, 0.6) is 0 Å². The number of benzene rings is 1. The molecule has 0 spiro atoms. The molecular weight excluding hydrogens is 232 g/mol. The molecule has 0 bridgehead atoms. The molecule has 0 radical (unpaired) electrons. The zero-order chi connectivity index (χ0) is 13.1. The van der Waals surface area contributed by atoms with E-state index < -0.39 is 11.6 Å². The number of carbonyl (C=O) groups excluding carboxylic acids is 1. The number of carbonyl (C=O) groups is 1. The molecular formula is C12H14N4O2. The van der Waals surface area contributed by atoms with E-state index in [1.54, 1.807) is 0 Å². The summed E-state index contributed by atoms with van der Waals surface area (Å²) in [6, 6.07) is 7.52. The van der Waals surface area contributed by atoms with Crippen molar-refractivity contribution in [1.82, 2.24) is 14.8 Å². The van der Waals surface area contributed by atoms with Crippen molar-refractivity contribution in [3.63, 3.8) is 0 Å². The first-order valence-electron chi connectivity index (χ1n) is 5.63. The van der Waals surface area contributed by atoms with Gasteiger partial charge < -0.3 is 5.32 Å². The Morgan fingerprint density at radius 1 is 1.39 bits per heavy atom. The van der Waals surface area contributed by atoms with Crippen LogP contribution in [0, 0.1) is 0 Å². The number of rotatable bonds is 3. The van der Waals surface area contributed by atoms with E-state index in [0.29, 0.717) is 5.69 Å². The van der Waals surface area contributed by atoms with E-state index in [1.807, 2.05) is 24.3 Å². The van der Waals surface area contributed by atoms with Crippen molar-refractivity contribution in [2.45, 2.75) is 13.3 Å². The average molecular weight is 246 g/mol. The molecule has 0 unspecified atom stereocenters. The summed E-state index contributed by atoms with van der Waals surface area (Å²) in [6.45, 7) is 2.06. The summed E-state index contributed by atoms with van der Waals surface area (Å²) < 4.78 is 1.08. The fraction of sp³-hybridized carbons (Fsp3) is 0.250. The van der Waals surface area contributed by atoms with Crippen molar-refractivity contribution in [1.29, 1.82) is 0 Å². The van der Waals surface area contributed by atoms with E-state index in [0.717, 1.165) is 11.1 Å². The predicted molar refractivity (Wildman–Crippen MR) is 67.6 cm³/mol. The van der Waals surface area contributed by atoms with Gasteiger partial charge in [-0.25, -0.2) is 9.48 Å². The average Bonchev–Trinajstić information content (AvgIpc) is 2.71. The lowest BCUT2D eigenvalue weighted by atomic mass is 10.1. The summed E-state index contributed by atoms with van der Waals surface area (Å²) >= 11 is 0. The molecule has 0 aliphatic carbocycles. The van der Waals surface area contributed by atoms with E-state index in [4.69, 9.17) is 0 Å². The third kappa shape index (κ3) is 2.48. The second-order valence-electron chi connectivity index (χ2n) is 3.91. The minimum absolute atomic E-state index is 0.00191. The first-order chi connectivity index (χ1) is 8.60. The Kier molecular flexibility index (Phi) is 3.27. The van der Waals surface area contributed by atoms with Gasteiger partial charge in [0.25, 0.3) is 5.91 Å². The van der Waals surface area contributed by atoms with Crippen molar-refractivity contribution in [3.8, 4) is 0 Å². The van der Waals surface area contributed by atoms with Gasteiger partial charge >= 0.3 is 5.69 Å². The SMILES string of the molecule is CCc1ccc(NC(=O)c2nn(C)c(=O)[nH]2)cc1. The van der Waals surface area contributed by atoms with Crippen LogP contribution in [0.15, 0.2) is 29.1 Å². The zero-order valence-electron chi connectivity index (χ0n) is 10.2. The van der Waals surface area contributed by atoms with Crippen molar-refractivity contribution in [2.24, 2.45) is 7.05 Å². The number of aromatic amines is 1. The molecule has 0 saturated heterocycles. The van der Waals surface area contributed by atoms with Crippen LogP contribution < -0.4 is 11.0 Å². The summed E-state index contributed by atoms with van der Waals surface area (Å²) in [7, 11) is 1.48. The van der Waals surface area contributed by atoms with Crippen LogP contribution in [-0.4, -0.2) is 20.7 Å². The molecule has 1 aromatic carbocycles. The second kappa shape index (κ2) is 4.87. The monoisotopic (exact) mass is 246 g/mol. The molecule has 6 nitrogen and oxygen atoms in total. The molecule has 6 heteroatoms. The molecule has 0 saturated carbocycles. The maximum Gasteiger partial charge on any atom is 0.343 e. The Bertz CT molecular complexity index is 610. The third-order valence-electron chi connectivity index (χ3n) is 2.60. The summed E-state index contributed by atoms with van der Waals surface area (Å²) in [4.78, 5) is 25.3. The Morgan fingerprint density at radius 3 is 2.56 bits per heavy atom. The van der Waals surface area contributed by atoms with Gasteiger partial charge in [-0.15, -0.1) is 5.10 Å². The quantitative estimate of drug-likeness (QED) is 0.845. The molecule has 0 aliphatic heterocycles. The van der Waals surface area contributed by atoms with Gasteiger partial charge in [-0.05, 0) is 24.1 Å². The molecule has 0 fully saturated rings. The number of nitrogens with one attached hydrogen (secondary N) is 2. The third-order valence-corrected chi connectivity index (χ3v) is 2.60. The highest BCUT2D eigenvalue weighted by molar-refractivity contribution is 6.01. The summed E-state index contributed by atoms with van der Waals surface area (Å²) in [5.41, 5.74) is 1.45. The fourth-order valence-electron chi connectivity index (χ4n) is 1.52. The number of H-pyrrole nitrogens is 1. The van der Waals surface area contributed by atoms with Crippen LogP contribution in [0.4, 0.5) is 5.69 Å². The van der Waals surface area contributed by atoms with E-state index in [-0.39, 0.29) is 5.82 Å². The number of amides is 1. The molecule has 94 valence electrons. The van der Waals surface area contributed by atoms with Gasteiger partial charge in [0.2, 0.25) is 5.82 Å². The Hall–Kier alpha value is -2.37. The highest BCUT2D eigenvalue weighted by atomic mass is 16.2. The topological polar surface area (TPSA) is 79.8 Å². The lowest BCUT2D eigenvalue weighted by molar-refractivity contribution is 0.101. The molecule has 2 N–H and O–H groups in total. The van der Waals surface area contributed by atoms with Crippen LogP contribution in [-0.2, 0) is 13.5 Å². The van der Waals surface area contributed by atoms with Gasteiger partial charge in [-0.1, -0.05) is 19.1 Å². The summed E-state index contributed by atoms with van der Waals surface area (Å²) in [5.74, 6) is -0.431. The van der Waals surface area contributed by atoms with Gasteiger partial charge in [-0.2, -0.15) is 0 Å². The van der Waals surface area contributed by atoms with Crippen LogP contribution in [0.25, 0.3) is 0 Å². The normalized spacial score (nSPS) is 10.3. The smallest absolute Gasteiger partial charge is 0.319 e. The number of hydrogen-bond acceptors (Lipinski definition) is 3. The Balaban J connectivity index is 2.13. The number of hydrogen-bond donors (Lipinski definition) is 2. The highest BCUT2D eigenvalue weighted by Crippen LogP contribution is 2.10. The molecule has 2 aromatic rings. The van der Waals surface area contributed by atoms with Crippen molar-refractivity contribution >= 4 is 11.6 Å². The molecule has 2 rings (SSSR count). The molecule has 0 atom stereocenters. The van der Waals surface area contributed by atoms with Gasteiger partial charge in [0, 0.05) is 12.7 Å². The van der Waals surface area contributed by atoms with Gasteiger partial charge in [-0.3, -0.25) is 9.78 Å². The number of aromatic nitrogens is 3. The first-order valence-corrected chi connectivity index (χ1v) is 5.63. The lowest BCUT2D eigenvalue weighted by Gasteiger charge is -2.03. The van der Waals surface area contributed by atoms with Gasteiger partial charge in [0.15, 0.2) is 0 Å². The molecule has 1 heterocycles. The first kappa shape index (κ1) is 12.1. The minimum Gasteiger partial charge on any atom is -0.319 e. The minimum atomic E-state index is -0.433. The zero-order valence-corrected chi connectivity index (χ0v) is 10.2. The summed E-state index contributed by atoms with van der Waals surface area (Å²) in [5, 5.41) is 6.44. The molecule has 0 aliphatic rings. The number of anilines is 1. The number of nitrogens with zero attached hydrogens (tertiary/aromatic N) is 2. The Morgan fingerprint density at radius 2 is 2.06 bits per heavy atom. The van der Waals surface area contributed by atoms with E-state index in [9.17, 15) is 9.59 Å². The van der Waals surface area contributed by atoms with E-state index in [2.05, 4.69) is 22.3 Å². The lowest BCUT2D eigenvalue weighted by Crippen LogP contribution is -2.15. The highest BCUT2D eigenvalue weighted by Gasteiger charge is 2.11. The summed E-state index contributed by atoms with van der Waals surface area (Å²) in [6.07, 6.45) is 0.946. The second-order valence-corrected chi connectivity index (χ2v) is 3.91. The number of aryl methyl sites for hydroxylation is 2. The predicted octanol–water partition coefficient (Wildman–Crippen LogP) is 0.923.